The molecule has 0 fully saturated rings. The van der Waals surface area contributed by atoms with E-state index in [0.717, 1.165) is 29.0 Å². The van der Waals surface area contributed by atoms with Gasteiger partial charge in [0.25, 0.3) is 0 Å². The van der Waals surface area contributed by atoms with Crippen LogP contribution in [0.25, 0.3) is 15.8 Å². The van der Waals surface area contributed by atoms with Crippen LogP contribution in [0.5, 0.6) is 0 Å². The molecule has 3 nitrogen and oxygen atoms in total. The van der Waals surface area contributed by atoms with Gasteiger partial charge in [-0.3, -0.25) is 0 Å². The lowest BCUT2D eigenvalue weighted by molar-refractivity contribution is -0.137. The van der Waals surface area contributed by atoms with Gasteiger partial charge in [-0.05, 0) is 23.8 Å². The molecule has 1 N–H and O–H groups in total. The minimum atomic E-state index is -4.46. The molecule has 0 aliphatic heterocycles. The van der Waals surface area contributed by atoms with Crippen LogP contribution >= 0.6 is 11.3 Å². The number of aliphatic hydroxyl groups excluding tert-OH is 1. The van der Waals surface area contributed by atoms with E-state index >= 15 is 0 Å². The molecule has 132 valence electrons. The van der Waals surface area contributed by atoms with E-state index in [2.05, 4.69) is 4.98 Å². The standard InChI is InChI=1S/C19H13F3N2OS/c1-11(12-5-3-2-4-6-12)17(25)14(10-23)18-24-15-9-13(19(20,21)22)7-8-16(15)26-18/h2-9,11,25H,1H3/b17-14-. The number of aliphatic hydroxyl groups is 1. The van der Waals surface area contributed by atoms with E-state index < -0.39 is 17.7 Å². The Kier molecular flexibility index (Phi) is 4.70. The summed E-state index contributed by atoms with van der Waals surface area (Å²) in [5, 5.41) is 20.2. The molecule has 0 radical (unpaired) electrons. The molecule has 3 aromatic rings. The highest BCUT2D eigenvalue weighted by molar-refractivity contribution is 7.19. The summed E-state index contributed by atoms with van der Waals surface area (Å²) in [6, 6.07) is 14.3. The Labute approximate surface area is 151 Å². The van der Waals surface area contributed by atoms with Gasteiger partial charge in [0.2, 0.25) is 0 Å². The summed E-state index contributed by atoms with van der Waals surface area (Å²) in [4.78, 5) is 4.13. The maximum absolute atomic E-state index is 12.8. The molecule has 3 rings (SSSR count). The van der Waals surface area contributed by atoms with E-state index in [1.165, 1.54) is 6.07 Å². The largest absolute Gasteiger partial charge is 0.510 e. The van der Waals surface area contributed by atoms with Gasteiger partial charge in [0.05, 0.1) is 15.8 Å². The normalized spacial score (nSPS) is 14.0. The van der Waals surface area contributed by atoms with Crippen LogP contribution in [-0.2, 0) is 6.18 Å². The van der Waals surface area contributed by atoms with Crippen LogP contribution in [0.15, 0.2) is 54.3 Å². The molecule has 0 aliphatic rings. The number of allylic oxidation sites excluding steroid dienone is 2. The maximum atomic E-state index is 12.8. The summed E-state index contributed by atoms with van der Waals surface area (Å²) in [6.07, 6.45) is -4.46. The van der Waals surface area contributed by atoms with Gasteiger partial charge < -0.3 is 5.11 Å². The topological polar surface area (TPSA) is 56.9 Å². The Morgan fingerprint density at radius 1 is 1.19 bits per heavy atom. The molecule has 1 heterocycles. The monoisotopic (exact) mass is 374 g/mol. The predicted molar refractivity (Wildman–Crippen MR) is 94.6 cm³/mol. The summed E-state index contributed by atoms with van der Waals surface area (Å²) < 4.78 is 39.0. The van der Waals surface area contributed by atoms with Gasteiger partial charge in [-0.15, -0.1) is 11.3 Å². The van der Waals surface area contributed by atoms with Crippen molar-refractivity contribution in [2.75, 3.05) is 0 Å². The van der Waals surface area contributed by atoms with Crippen molar-refractivity contribution in [2.24, 2.45) is 0 Å². The average Bonchev–Trinajstić information content (AvgIpc) is 3.04. The summed E-state index contributed by atoms with van der Waals surface area (Å²) >= 11 is 1.07. The van der Waals surface area contributed by atoms with Crippen LogP contribution in [0.4, 0.5) is 13.2 Å². The van der Waals surface area contributed by atoms with Gasteiger partial charge >= 0.3 is 6.18 Å². The summed E-state index contributed by atoms with van der Waals surface area (Å²) in [5.74, 6) is -0.600. The number of nitrogens with zero attached hydrogens (tertiary/aromatic N) is 2. The number of aromatic nitrogens is 1. The molecule has 1 atom stereocenters. The number of nitriles is 1. The Balaban J connectivity index is 2.06. The van der Waals surface area contributed by atoms with Gasteiger partial charge in [-0.2, -0.15) is 18.4 Å². The Morgan fingerprint density at radius 3 is 2.50 bits per heavy atom. The lowest BCUT2D eigenvalue weighted by Gasteiger charge is -2.12. The molecule has 0 aliphatic carbocycles. The second-order valence-electron chi connectivity index (χ2n) is 5.70. The molecular formula is C19H13F3N2OS. The van der Waals surface area contributed by atoms with Gasteiger partial charge in [-0.25, -0.2) is 4.98 Å². The van der Waals surface area contributed by atoms with Crippen LogP contribution in [0.3, 0.4) is 0 Å². The molecule has 0 amide bonds. The first-order valence-electron chi connectivity index (χ1n) is 7.67. The quantitative estimate of drug-likeness (QED) is 0.458. The van der Waals surface area contributed by atoms with Crippen molar-refractivity contribution in [3.63, 3.8) is 0 Å². The van der Waals surface area contributed by atoms with E-state index in [0.29, 0.717) is 4.70 Å². The Bertz CT molecular complexity index is 1020. The van der Waals surface area contributed by atoms with Gasteiger partial charge in [-0.1, -0.05) is 37.3 Å². The molecular weight excluding hydrogens is 361 g/mol. The lowest BCUT2D eigenvalue weighted by atomic mass is 9.96. The predicted octanol–water partition coefficient (Wildman–Crippen LogP) is 5.91. The van der Waals surface area contributed by atoms with Crippen molar-refractivity contribution in [2.45, 2.75) is 19.0 Å². The third-order valence-corrected chi connectivity index (χ3v) is 5.06. The van der Waals surface area contributed by atoms with Crippen LogP contribution in [0.2, 0.25) is 0 Å². The minimum Gasteiger partial charge on any atom is -0.510 e. The van der Waals surface area contributed by atoms with E-state index in [4.69, 9.17) is 0 Å². The Morgan fingerprint density at radius 2 is 1.88 bits per heavy atom. The zero-order valence-electron chi connectivity index (χ0n) is 13.6. The molecule has 0 spiro atoms. The molecule has 0 saturated heterocycles. The lowest BCUT2D eigenvalue weighted by Crippen LogP contribution is -2.04. The molecule has 7 heteroatoms. The first-order chi connectivity index (χ1) is 12.3. The summed E-state index contributed by atoms with van der Waals surface area (Å²) in [6.45, 7) is 1.75. The van der Waals surface area contributed by atoms with Crippen molar-refractivity contribution < 1.29 is 18.3 Å². The van der Waals surface area contributed by atoms with Crippen molar-refractivity contribution in [1.82, 2.24) is 4.98 Å². The maximum Gasteiger partial charge on any atom is 0.416 e. The highest BCUT2D eigenvalue weighted by atomic mass is 32.1. The zero-order valence-corrected chi connectivity index (χ0v) is 14.4. The highest BCUT2D eigenvalue weighted by Crippen LogP contribution is 2.36. The molecule has 0 saturated carbocycles. The first kappa shape index (κ1) is 18.0. The number of fused-ring (bicyclic) bond motifs is 1. The van der Waals surface area contributed by atoms with E-state index in [-0.39, 0.29) is 21.9 Å². The van der Waals surface area contributed by atoms with Gasteiger partial charge in [0, 0.05) is 5.92 Å². The number of halogens is 3. The van der Waals surface area contributed by atoms with E-state index in [9.17, 15) is 23.5 Å². The van der Waals surface area contributed by atoms with E-state index in [1.807, 2.05) is 36.4 Å². The number of thiazole rings is 1. The van der Waals surface area contributed by atoms with Gasteiger partial charge in [0.15, 0.2) is 0 Å². The van der Waals surface area contributed by atoms with Crippen molar-refractivity contribution in [1.29, 1.82) is 5.26 Å². The Hall–Kier alpha value is -2.85. The summed E-state index contributed by atoms with van der Waals surface area (Å²) in [7, 11) is 0. The fraction of sp³-hybridized carbons (Fsp3) is 0.158. The van der Waals surface area contributed by atoms with E-state index in [1.54, 1.807) is 6.92 Å². The molecule has 1 aromatic heterocycles. The van der Waals surface area contributed by atoms with Crippen LogP contribution in [0, 0.1) is 11.3 Å². The SMILES string of the molecule is CC(/C(O)=C(\C#N)c1nc2cc(C(F)(F)F)ccc2s1)c1ccccc1. The second kappa shape index (κ2) is 6.81. The highest BCUT2D eigenvalue weighted by Gasteiger charge is 2.31. The molecule has 0 bridgehead atoms. The van der Waals surface area contributed by atoms with Crippen molar-refractivity contribution in [3.8, 4) is 6.07 Å². The number of alkyl halides is 3. The minimum absolute atomic E-state index is 0.0314. The smallest absolute Gasteiger partial charge is 0.416 e. The fourth-order valence-corrected chi connectivity index (χ4v) is 3.49. The number of hydrogen-bond donors (Lipinski definition) is 1. The van der Waals surface area contributed by atoms with Crippen LogP contribution < -0.4 is 0 Å². The average molecular weight is 374 g/mol. The summed E-state index contributed by atoms with van der Waals surface area (Å²) in [5.41, 5.74) is 0.133. The van der Waals surface area contributed by atoms with Crippen LogP contribution in [-0.4, -0.2) is 10.1 Å². The van der Waals surface area contributed by atoms with Crippen molar-refractivity contribution in [3.05, 3.63) is 70.4 Å². The number of hydrogen-bond acceptors (Lipinski definition) is 4. The molecule has 1 unspecified atom stereocenters. The third kappa shape index (κ3) is 3.41. The van der Waals surface area contributed by atoms with Crippen molar-refractivity contribution >= 4 is 27.1 Å². The van der Waals surface area contributed by atoms with Crippen LogP contribution in [0.1, 0.15) is 29.0 Å². The second-order valence-corrected chi connectivity index (χ2v) is 6.73. The molecule has 26 heavy (non-hydrogen) atoms. The fourth-order valence-electron chi connectivity index (χ4n) is 2.54. The number of rotatable bonds is 3. The molecule has 2 aromatic carbocycles. The zero-order chi connectivity index (χ0) is 18.9. The first-order valence-corrected chi connectivity index (χ1v) is 8.49. The van der Waals surface area contributed by atoms with Gasteiger partial charge in [0.1, 0.15) is 22.4 Å². The third-order valence-electron chi connectivity index (χ3n) is 4.01. The number of benzene rings is 2.